The van der Waals surface area contributed by atoms with Crippen molar-refractivity contribution in [3.05, 3.63) is 24.0 Å². The number of piperidine rings is 1. The quantitative estimate of drug-likeness (QED) is 0.787. The molecule has 0 unspecified atom stereocenters. The molecule has 0 saturated carbocycles. The normalized spacial score (nSPS) is 23.4. The van der Waals surface area contributed by atoms with E-state index in [1.54, 1.807) is 11.0 Å². The monoisotopic (exact) mass is 319 g/mol. The lowest BCUT2D eigenvalue weighted by Crippen LogP contribution is -2.41. The van der Waals surface area contributed by atoms with Crippen LogP contribution < -0.4 is 10.4 Å². The van der Waals surface area contributed by atoms with Gasteiger partial charge in [-0.1, -0.05) is 0 Å². The van der Waals surface area contributed by atoms with Crippen molar-refractivity contribution in [2.45, 2.75) is 58.2 Å². The number of carbonyl (C=O) groups is 1. The summed E-state index contributed by atoms with van der Waals surface area (Å²) >= 11 is 0. The number of hydrogen-bond acceptors (Lipinski definition) is 3. The lowest BCUT2D eigenvalue weighted by molar-refractivity contribution is -0.119. The molecule has 2 saturated heterocycles. The third-order valence-electron chi connectivity index (χ3n) is 5.07. The van der Waals surface area contributed by atoms with Crippen LogP contribution in [-0.4, -0.2) is 30.8 Å². The Bertz CT molecular complexity index is 616. The Labute approximate surface area is 137 Å². The van der Waals surface area contributed by atoms with Crippen LogP contribution >= 0.6 is 0 Å². The summed E-state index contributed by atoms with van der Waals surface area (Å²) in [6, 6.07) is 4.62. The van der Waals surface area contributed by atoms with E-state index >= 15 is 0 Å². The van der Waals surface area contributed by atoms with Gasteiger partial charge < -0.3 is 14.2 Å². The van der Waals surface area contributed by atoms with Crippen LogP contribution in [0.15, 0.2) is 18.2 Å². The molecule has 0 radical (unpaired) electrons. The van der Waals surface area contributed by atoms with Crippen molar-refractivity contribution >= 4 is 24.2 Å². The minimum absolute atomic E-state index is 0.0433. The van der Waals surface area contributed by atoms with Crippen LogP contribution in [0.25, 0.3) is 0 Å². The van der Waals surface area contributed by atoms with Gasteiger partial charge in [-0.05, 0) is 64.2 Å². The van der Waals surface area contributed by atoms with Gasteiger partial charge in [0.2, 0.25) is 5.91 Å². The molecule has 0 bridgehead atoms. The fraction of sp³-hybridized carbons (Fsp3) is 0.588. The van der Waals surface area contributed by atoms with Crippen LogP contribution in [0, 0.1) is 5.82 Å². The van der Waals surface area contributed by atoms with Gasteiger partial charge >= 0.3 is 7.12 Å². The first kappa shape index (κ1) is 16.5. The third-order valence-corrected chi connectivity index (χ3v) is 5.07. The molecule has 4 nitrogen and oxygen atoms in total. The molecule has 2 aliphatic heterocycles. The van der Waals surface area contributed by atoms with Gasteiger partial charge in [-0.2, -0.15) is 0 Å². The fourth-order valence-electron chi connectivity index (χ4n) is 2.95. The van der Waals surface area contributed by atoms with E-state index in [1.807, 2.05) is 27.7 Å². The third kappa shape index (κ3) is 3.02. The van der Waals surface area contributed by atoms with Crippen LogP contribution in [0.2, 0.25) is 0 Å². The second-order valence-corrected chi connectivity index (χ2v) is 7.33. The minimum atomic E-state index is -0.630. The summed E-state index contributed by atoms with van der Waals surface area (Å²) < 4.78 is 26.1. The molecule has 1 aromatic rings. The number of anilines is 1. The molecule has 2 fully saturated rings. The van der Waals surface area contributed by atoms with E-state index in [9.17, 15) is 9.18 Å². The van der Waals surface area contributed by atoms with Crippen molar-refractivity contribution in [3.8, 4) is 0 Å². The number of amides is 1. The highest BCUT2D eigenvalue weighted by atomic mass is 19.1. The van der Waals surface area contributed by atoms with Crippen LogP contribution in [0.1, 0.15) is 47.0 Å². The smallest absolute Gasteiger partial charge is 0.399 e. The highest BCUT2D eigenvalue weighted by molar-refractivity contribution is 6.62. The highest BCUT2D eigenvalue weighted by Crippen LogP contribution is 2.36. The number of carbonyl (C=O) groups excluding carboxylic acids is 1. The lowest BCUT2D eigenvalue weighted by Gasteiger charge is -2.32. The van der Waals surface area contributed by atoms with Gasteiger partial charge in [0, 0.05) is 18.7 Å². The van der Waals surface area contributed by atoms with Gasteiger partial charge in [0.05, 0.1) is 11.2 Å². The fourth-order valence-corrected chi connectivity index (χ4v) is 2.95. The maximum absolute atomic E-state index is 14.1. The second-order valence-electron chi connectivity index (χ2n) is 7.33. The van der Waals surface area contributed by atoms with Crippen molar-refractivity contribution in [2.24, 2.45) is 0 Å². The number of nitrogens with zero attached hydrogens (tertiary/aromatic N) is 1. The van der Waals surface area contributed by atoms with Crippen molar-refractivity contribution < 1.29 is 18.5 Å². The van der Waals surface area contributed by atoms with Gasteiger partial charge in [0.15, 0.2) is 0 Å². The number of hydrogen-bond donors (Lipinski definition) is 0. The molecule has 1 amide bonds. The molecule has 2 heterocycles. The van der Waals surface area contributed by atoms with Crippen LogP contribution in [-0.2, 0) is 14.1 Å². The van der Waals surface area contributed by atoms with Crippen LogP contribution in [0.5, 0.6) is 0 Å². The van der Waals surface area contributed by atoms with Crippen molar-refractivity contribution in [1.82, 2.24) is 0 Å². The number of benzene rings is 1. The summed E-state index contributed by atoms with van der Waals surface area (Å²) in [5, 5.41) is 0. The molecule has 1 aromatic carbocycles. The zero-order valence-electron chi connectivity index (χ0n) is 14.2. The number of halogens is 1. The highest BCUT2D eigenvalue weighted by Gasteiger charge is 2.51. The Kier molecular flexibility index (Phi) is 4.01. The van der Waals surface area contributed by atoms with Gasteiger partial charge in [-0.3, -0.25) is 4.79 Å². The van der Waals surface area contributed by atoms with Crippen molar-refractivity contribution in [2.75, 3.05) is 11.4 Å². The van der Waals surface area contributed by atoms with E-state index in [0.29, 0.717) is 24.1 Å². The van der Waals surface area contributed by atoms with E-state index in [4.69, 9.17) is 9.31 Å². The second kappa shape index (κ2) is 5.60. The molecular formula is C17H23BFNO3. The minimum Gasteiger partial charge on any atom is -0.399 e. The van der Waals surface area contributed by atoms with E-state index < -0.39 is 18.3 Å². The van der Waals surface area contributed by atoms with Crippen molar-refractivity contribution in [3.63, 3.8) is 0 Å². The molecule has 0 atom stereocenters. The van der Waals surface area contributed by atoms with Crippen molar-refractivity contribution in [1.29, 1.82) is 0 Å². The summed E-state index contributed by atoms with van der Waals surface area (Å²) in [5.41, 5.74) is 0.229. The molecule has 0 N–H and O–H groups in total. The summed E-state index contributed by atoms with van der Waals surface area (Å²) in [6.45, 7) is 8.47. The molecule has 0 spiro atoms. The molecule has 6 heteroatoms. The van der Waals surface area contributed by atoms with E-state index in [-0.39, 0.29) is 11.7 Å². The Hall–Kier alpha value is -1.40. The molecule has 23 heavy (non-hydrogen) atoms. The first-order chi connectivity index (χ1) is 10.7. The zero-order valence-corrected chi connectivity index (χ0v) is 14.2. The molecule has 0 aromatic heterocycles. The standard InChI is InChI=1S/C17H23BFNO3/c1-16(2)17(3,4)23-18(22-16)12-9-13(19)11-14(10-12)20-8-6-5-7-15(20)21/h9-11H,5-8H2,1-4H3. The zero-order chi connectivity index (χ0) is 16.8. The molecule has 124 valence electrons. The van der Waals surface area contributed by atoms with Crippen LogP contribution in [0.3, 0.4) is 0 Å². The van der Waals surface area contributed by atoms with E-state index in [2.05, 4.69) is 0 Å². The van der Waals surface area contributed by atoms with Gasteiger partial charge in [0.25, 0.3) is 0 Å². The predicted octanol–water partition coefficient (Wildman–Crippen LogP) is 2.64. The topological polar surface area (TPSA) is 38.8 Å². The van der Waals surface area contributed by atoms with E-state index in [0.717, 1.165) is 12.8 Å². The maximum Gasteiger partial charge on any atom is 0.495 e. The molecule has 0 aliphatic carbocycles. The van der Waals surface area contributed by atoms with E-state index in [1.165, 1.54) is 12.1 Å². The molecule has 2 aliphatic rings. The first-order valence-corrected chi connectivity index (χ1v) is 8.16. The average molecular weight is 319 g/mol. The van der Waals surface area contributed by atoms with Gasteiger partial charge in [-0.25, -0.2) is 4.39 Å². The lowest BCUT2D eigenvalue weighted by atomic mass is 9.78. The SMILES string of the molecule is CC1(C)OB(c2cc(F)cc(N3CCCCC3=O)c2)OC1(C)C. The maximum atomic E-state index is 14.1. The average Bonchev–Trinajstić information content (AvgIpc) is 2.67. The predicted molar refractivity (Wildman–Crippen MR) is 88.3 cm³/mol. The summed E-state index contributed by atoms with van der Waals surface area (Å²) in [7, 11) is -0.630. The molecular weight excluding hydrogens is 296 g/mol. The first-order valence-electron chi connectivity index (χ1n) is 8.16. The largest absolute Gasteiger partial charge is 0.495 e. The Morgan fingerprint density at radius 1 is 1.09 bits per heavy atom. The summed E-state index contributed by atoms with van der Waals surface area (Å²) in [4.78, 5) is 13.7. The summed E-state index contributed by atoms with van der Waals surface area (Å²) in [6.07, 6.45) is 2.35. The molecule has 3 rings (SSSR count). The van der Waals surface area contributed by atoms with Gasteiger partial charge in [0.1, 0.15) is 5.82 Å². The number of rotatable bonds is 2. The Morgan fingerprint density at radius 2 is 1.74 bits per heavy atom. The van der Waals surface area contributed by atoms with Gasteiger partial charge in [-0.15, -0.1) is 0 Å². The Morgan fingerprint density at radius 3 is 2.35 bits per heavy atom. The Balaban J connectivity index is 1.91. The summed E-state index contributed by atoms with van der Waals surface area (Å²) in [5.74, 6) is -0.340. The van der Waals surface area contributed by atoms with Crippen LogP contribution in [0.4, 0.5) is 10.1 Å².